The number of hydrogen-bond acceptors (Lipinski definition) is 4. The molecule has 0 spiro atoms. The molecular formula is C18H21NO4. The number of carbonyl (C=O) groups is 2. The second-order valence-corrected chi connectivity index (χ2v) is 5.44. The van der Waals surface area contributed by atoms with Crippen LogP contribution in [-0.2, 0) is 14.3 Å². The van der Waals surface area contributed by atoms with E-state index in [1.165, 1.54) is 0 Å². The van der Waals surface area contributed by atoms with Gasteiger partial charge >= 0.3 is 5.97 Å². The van der Waals surface area contributed by atoms with Crippen molar-refractivity contribution in [2.45, 2.75) is 26.4 Å². The minimum Gasteiger partial charge on any atom is -0.484 e. The predicted octanol–water partition coefficient (Wildman–Crippen LogP) is 2.68. The van der Waals surface area contributed by atoms with Gasteiger partial charge in [0.2, 0.25) is 0 Å². The molecule has 122 valence electrons. The van der Waals surface area contributed by atoms with Crippen molar-refractivity contribution in [3.63, 3.8) is 0 Å². The minimum atomic E-state index is -0.323. The molecule has 0 bridgehead atoms. The fraction of sp³-hybridized carbons (Fsp3) is 0.333. The van der Waals surface area contributed by atoms with E-state index in [-0.39, 0.29) is 37.6 Å². The van der Waals surface area contributed by atoms with Crippen LogP contribution in [0.25, 0.3) is 10.8 Å². The van der Waals surface area contributed by atoms with Gasteiger partial charge < -0.3 is 14.8 Å². The summed E-state index contributed by atoms with van der Waals surface area (Å²) in [5.41, 5.74) is 0. The number of nitrogens with one attached hydrogen (secondary N) is 1. The first kappa shape index (κ1) is 16.8. The van der Waals surface area contributed by atoms with Crippen molar-refractivity contribution in [3.8, 4) is 5.75 Å². The molecule has 0 heterocycles. The topological polar surface area (TPSA) is 64.6 Å². The molecule has 5 heteroatoms. The van der Waals surface area contributed by atoms with Gasteiger partial charge in [0.1, 0.15) is 5.75 Å². The predicted molar refractivity (Wildman–Crippen MR) is 88.3 cm³/mol. The zero-order valence-corrected chi connectivity index (χ0v) is 13.4. The van der Waals surface area contributed by atoms with Crippen molar-refractivity contribution < 1.29 is 19.1 Å². The summed E-state index contributed by atoms with van der Waals surface area (Å²) in [6.45, 7) is 3.73. The molecule has 0 saturated heterocycles. The van der Waals surface area contributed by atoms with Crippen molar-refractivity contribution in [1.82, 2.24) is 5.32 Å². The van der Waals surface area contributed by atoms with E-state index < -0.39 is 0 Å². The molecule has 1 N–H and O–H groups in total. The average Bonchev–Trinajstić information content (AvgIpc) is 2.52. The van der Waals surface area contributed by atoms with Crippen LogP contribution in [-0.4, -0.2) is 31.1 Å². The highest BCUT2D eigenvalue weighted by molar-refractivity contribution is 5.84. The normalized spacial score (nSPS) is 10.6. The fourth-order valence-electron chi connectivity index (χ4n) is 2.08. The van der Waals surface area contributed by atoms with Gasteiger partial charge in [-0.3, -0.25) is 9.59 Å². The minimum absolute atomic E-state index is 0.0857. The van der Waals surface area contributed by atoms with Gasteiger partial charge in [0.05, 0.1) is 12.5 Å². The molecule has 0 aromatic heterocycles. The van der Waals surface area contributed by atoms with Gasteiger partial charge in [0, 0.05) is 6.54 Å². The molecule has 2 rings (SSSR count). The van der Waals surface area contributed by atoms with Crippen molar-refractivity contribution in [1.29, 1.82) is 0 Å². The maximum atomic E-state index is 11.7. The van der Waals surface area contributed by atoms with Gasteiger partial charge in [-0.25, -0.2) is 0 Å². The van der Waals surface area contributed by atoms with E-state index in [0.717, 1.165) is 10.8 Å². The lowest BCUT2D eigenvalue weighted by Crippen LogP contribution is -2.31. The van der Waals surface area contributed by atoms with Crippen LogP contribution >= 0.6 is 0 Å². The lowest BCUT2D eigenvalue weighted by atomic mass is 10.1. The number of carbonyl (C=O) groups excluding carboxylic acids is 2. The molecule has 23 heavy (non-hydrogen) atoms. The molecule has 1 amide bonds. The monoisotopic (exact) mass is 315 g/mol. The van der Waals surface area contributed by atoms with Gasteiger partial charge in [-0.1, -0.05) is 30.3 Å². The van der Waals surface area contributed by atoms with Crippen molar-refractivity contribution in [3.05, 3.63) is 42.5 Å². The number of hydrogen-bond donors (Lipinski definition) is 1. The first-order valence-corrected chi connectivity index (χ1v) is 7.62. The highest BCUT2D eigenvalue weighted by Crippen LogP contribution is 2.20. The Morgan fingerprint density at radius 1 is 1.09 bits per heavy atom. The van der Waals surface area contributed by atoms with E-state index in [0.29, 0.717) is 5.75 Å². The summed E-state index contributed by atoms with van der Waals surface area (Å²) >= 11 is 0. The molecular weight excluding hydrogens is 294 g/mol. The molecule has 5 nitrogen and oxygen atoms in total. The Morgan fingerprint density at radius 3 is 2.57 bits per heavy atom. The number of esters is 1. The van der Waals surface area contributed by atoms with E-state index in [2.05, 4.69) is 5.32 Å². The molecule has 0 aliphatic heterocycles. The highest BCUT2D eigenvalue weighted by atomic mass is 16.5. The Morgan fingerprint density at radius 2 is 1.83 bits per heavy atom. The molecule has 2 aromatic carbocycles. The smallest absolute Gasteiger partial charge is 0.307 e. The van der Waals surface area contributed by atoms with Gasteiger partial charge in [0.15, 0.2) is 6.61 Å². The van der Waals surface area contributed by atoms with Crippen molar-refractivity contribution in [2.75, 3.05) is 13.2 Å². The van der Waals surface area contributed by atoms with Crippen LogP contribution in [0.4, 0.5) is 0 Å². The second kappa shape index (κ2) is 8.17. The van der Waals surface area contributed by atoms with Gasteiger partial charge in [-0.15, -0.1) is 0 Å². The number of fused-ring (bicyclic) bond motifs is 1. The average molecular weight is 315 g/mol. The molecule has 2 aromatic rings. The zero-order chi connectivity index (χ0) is 16.7. The Kier molecular flexibility index (Phi) is 5.97. The van der Waals surface area contributed by atoms with E-state index in [9.17, 15) is 9.59 Å². The molecule has 0 saturated carbocycles. The molecule has 0 aliphatic rings. The summed E-state index contributed by atoms with van der Waals surface area (Å²) in [5, 5.41) is 4.81. The van der Waals surface area contributed by atoms with E-state index in [4.69, 9.17) is 9.47 Å². The molecule has 0 radical (unpaired) electrons. The van der Waals surface area contributed by atoms with E-state index >= 15 is 0 Å². The number of rotatable bonds is 7. The van der Waals surface area contributed by atoms with Gasteiger partial charge in [-0.05, 0) is 36.8 Å². The van der Waals surface area contributed by atoms with Gasteiger partial charge in [0.25, 0.3) is 5.91 Å². The third-order valence-corrected chi connectivity index (χ3v) is 3.11. The summed E-state index contributed by atoms with van der Waals surface area (Å²) in [6, 6.07) is 13.6. The number of amides is 1. The molecule has 0 unspecified atom stereocenters. The van der Waals surface area contributed by atoms with Crippen molar-refractivity contribution in [2.24, 2.45) is 0 Å². The zero-order valence-electron chi connectivity index (χ0n) is 13.4. The summed E-state index contributed by atoms with van der Waals surface area (Å²) in [4.78, 5) is 23.0. The van der Waals surface area contributed by atoms with Crippen LogP contribution in [0.1, 0.15) is 20.3 Å². The maximum absolute atomic E-state index is 11.7. The number of benzene rings is 2. The van der Waals surface area contributed by atoms with Crippen LogP contribution < -0.4 is 10.1 Å². The van der Waals surface area contributed by atoms with Crippen LogP contribution in [0.15, 0.2) is 42.5 Å². The lowest BCUT2D eigenvalue weighted by Gasteiger charge is -2.09. The van der Waals surface area contributed by atoms with E-state index in [1.54, 1.807) is 13.8 Å². The first-order valence-electron chi connectivity index (χ1n) is 7.62. The Labute approximate surface area is 135 Å². The van der Waals surface area contributed by atoms with Crippen LogP contribution in [0.2, 0.25) is 0 Å². The third kappa shape index (κ3) is 5.62. The summed E-state index contributed by atoms with van der Waals surface area (Å²) in [7, 11) is 0. The first-order chi connectivity index (χ1) is 11.0. The molecule has 0 aliphatic carbocycles. The lowest BCUT2D eigenvalue weighted by molar-refractivity contribution is -0.147. The largest absolute Gasteiger partial charge is 0.484 e. The van der Waals surface area contributed by atoms with E-state index in [1.807, 2.05) is 42.5 Å². The Balaban J connectivity index is 1.74. The standard InChI is InChI=1S/C18H21NO4/c1-13(2)23-18(21)9-10-19-17(20)12-22-16-8-7-14-5-3-4-6-15(14)11-16/h3-8,11,13H,9-10,12H2,1-2H3,(H,19,20). The fourth-order valence-corrected chi connectivity index (χ4v) is 2.08. The third-order valence-electron chi connectivity index (χ3n) is 3.11. The highest BCUT2D eigenvalue weighted by Gasteiger charge is 2.07. The molecule has 0 atom stereocenters. The second-order valence-electron chi connectivity index (χ2n) is 5.44. The van der Waals surface area contributed by atoms with Crippen LogP contribution in [0.5, 0.6) is 5.75 Å². The Hall–Kier alpha value is -2.56. The van der Waals surface area contributed by atoms with Crippen molar-refractivity contribution >= 4 is 22.6 Å². The van der Waals surface area contributed by atoms with Crippen LogP contribution in [0.3, 0.4) is 0 Å². The van der Waals surface area contributed by atoms with Crippen LogP contribution in [0, 0.1) is 0 Å². The summed E-state index contributed by atoms with van der Waals surface area (Å²) in [6.07, 6.45) is 0.00863. The molecule has 0 fully saturated rings. The number of ether oxygens (including phenoxy) is 2. The maximum Gasteiger partial charge on any atom is 0.307 e. The Bertz CT molecular complexity index is 682. The summed E-state index contributed by atoms with van der Waals surface area (Å²) in [5.74, 6) is 0.0457. The quantitative estimate of drug-likeness (QED) is 0.798. The SMILES string of the molecule is CC(C)OC(=O)CCNC(=O)COc1ccc2ccccc2c1. The van der Waals surface area contributed by atoms with Gasteiger partial charge in [-0.2, -0.15) is 0 Å². The summed E-state index contributed by atoms with van der Waals surface area (Å²) < 4.78 is 10.5.